The lowest BCUT2D eigenvalue weighted by atomic mass is 10.2. The van der Waals surface area contributed by atoms with Crippen molar-refractivity contribution in [2.45, 2.75) is 13.8 Å². The van der Waals surface area contributed by atoms with Gasteiger partial charge in [0.15, 0.2) is 0 Å². The van der Waals surface area contributed by atoms with Gasteiger partial charge in [-0.25, -0.2) is 4.79 Å². The van der Waals surface area contributed by atoms with Gasteiger partial charge >= 0.3 is 5.97 Å². The quantitative estimate of drug-likeness (QED) is 0.713. The Morgan fingerprint density at radius 2 is 2.00 bits per heavy atom. The molecule has 0 heterocycles. The zero-order valence-corrected chi connectivity index (χ0v) is 9.32. The van der Waals surface area contributed by atoms with Crippen LogP contribution in [0.1, 0.15) is 24.2 Å². The van der Waals surface area contributed by atoms with Crippen LogP contribution >= 0.6 is 0 Å². The Hall–Kier alpha value is -1.51. The first-order valence-electron chi connectivity index (χ1n) is 4.95. The predicted octanol–water partition coefficient (Wildman–Crippen LogP) is 2.51. The highest BCUT2D eigenvalue weighted by Gasteiger charge is 2.11. The van der Waals surface area contributed by atoms with Gasteiger partial charge in [0, 0.05) is 0 Å². The van der Waals surface area contributed by atoms with Gasteiger partial charge in [-0.3, -0.25) is 0 Å². The van der Waals surface area contributed by atoms with E-state index >= 15 is 0 Å². The Morgan fingerprint density at radius 3 is 2.60 bits per heavy atom. The maximum Gasteiger partial charge on any atom is 0.341 e. The third-order valence-electron chi connectivity index (χ3n) is 1.86. The van der Waals surface area contributed by atoms with Crippen LogP contribution in [-0.2, 0) is 4.74 Å². The first-order chi connectivity index (χ1) is 7.15. The van der Waals surface area contributed by atoms with Crippen LogP contribution in [0.2, 0.25) is 0 Å². The van der Waals surface area contributed by atoms with Gasteiger partial charge < -0.3 is 9.47 Å². The number of carbonyl (C=O) groups is 1. The normalized spacial score (nSPS) is 10.1. The molecule has 0 saturated carbocycles. The Labute approximate surface area is 90.0 Å². The van der Waals surface area contributed by atoms with Crippen LogP contribution in [0, 0.1) is 5.92 Å². The summed E-state index contributed by atoms with van der Waals surface area (Å²) in [6.07, 6.45) is 0. The van der Waals surface area contributed by atoms with Crippen molar-refractivity contribution in [1.82, 2.24) is 0 Å². The molecule has 0 radical (unpaired) electrons. The molecule has 0 bridgehead atoms. The number of benzene rings is 1. The molecule has 0 aliphatic rings. The second kappa shape index (κ2) is 5.39. The molecule has 3 heteroatoms. The van der Waals surface area contributed by atoms with E-state index in [1.165, 1.54) is 7.11 Å². The van der Waals surface area contributed by atoms with Crippen molar-refractivity contribution >= 4 is 5.97 Å². The molecule has 0 amide bonds. The molecule has 0 atom stereocenters. The van der Waals surface area contributed by atoms with E-state index in [4.69, 9.17) is 4.74 Å². The smallest absolute Gasteiger partial charge is 0.341 e. The fraction of sp³-hybridized carbons (Fsp3) is 0.417. The van der Waals surface area contributed by atoms with Crippen LogP contribution < -0.4 is 4.74 Å². The molecule has 3 nitrogen and oxygen atoms in total. The average molecular weight is 208 g/mol. The van der Waals surface area contributed by atoms with Gasteiger partial charge in [0.1, 0.15) is 11.3 Å². The minimum Gasteiger partial charge on any atom is -0.492 e. The maximum atomic E-state index is 11.4. The largest absolute Gasteiger partial charge is 0.492 e. The van der Waals surface area contributed by atoms with Gasteiger partial charge in [-0.1, -0.05) is 26.0 Å². The lowest BCUT2D eigenvalue weighted by Crippen LogP contribution is -2.09. The molecule has 15 heavy (non-hydrogen) atoms. The van der Waals surface area contributed by atoms with E-state index in [0.29, 0.717) is 23.8 Å². The van der Waals surface area contributed by atoms with Crippen LogP contribution in [0.15, 0.2) is 24.3 Å². The molecule has 0 aromatic heterocycles. The summed E-state index contributed by atoms with van der Waals surface area (Å²) in [4.78, 5) is 11.4. The lowest BCUT2D eigenvalue weighted by Gasteiger charge is -2.11. The number of rotatable bonds is 4. The molecule has 0 aliphatic carbocycles. The SMILES string of the molecule is COC(=O)c1ccccc1OCC(C)C. The summed E-state index contributed by atoms with van der Waals surface area (Å²) in [7, 11) is 1.36. The average Bonchev–Trinajstić information content (AvgIpc) is 2.25. The summed E-state index contributed by atoms with van der Waals surface area (Å²) in [5.74, 6) is 0.642. The van der Waals surface area contributed by atoms with E-state index in [1.807, 2.05) is 6.07 Å². The zero-order valence-electron chi connectivity index (χ0n) is 9.32. The zero-order chi connectivity index (χ0) is 11.3. The van der Waals surface area contributed by atoms with Crippen LogP contribution in [0.4, 0.5) is 0 Å². The Morgan fingerprint density at radius 1 is 1.33 bits per heavy atom. The highest BCUT2D eigenvalue weighted by Crippen LogP contribution is 2.19. The fourth-order valence-corrected chi connectivity index (χ4v) is 1.13. The standard InChI is InChI=1S/C12H16O3/c1-9(2)8-15-11-7-5-4-6-10(11)12(13)14-3/h4-7,9H,8H2,1-3H3. The van der Waals surface area contributed by atoms with E-state index in [1.54, 1.807) is 18.2 Å². The minimum atomic E-state index is -0.366. The summed E-state index contributed by atoms with van der Waals surface area (Å²) in [5, 5.41) is 0. The van der Waals surface area contributed by atoms with Gasteiger partial charge in [0.05, 0.1) is 13.7 Å². The second-order valence-corrected chi connectivity index (χ2v) is 3.69. The van der Waals surface area contributed by atoms with Gasteiger partial charge in [-0.05, 0) is 18.1 Å². The highest BCUT2D eigenvalue weighted by atomic mass is 16.5. The molecule has 0 unspecified atom stereocenters. The number of para-hydroxylation sites is 1. The second-order valence-electron chi connectivity index (χ2n) is 3.69. The lowest BCUT2D eigenvalue weighted by molar-refractivity contribution is 0.0595. The van der Waals surface area contributed by atoms with Crippen molar-refractivity contribution in [2.75, 3.05) is 13.7 Å². The molecular weight excluding hydrogens is 192 g/mol. The topological polar surface area (TPSA) is 35.5 Å². The number of hydrogen-bond acceptors (Lipinski definition) is 3. The molecule has 0 spiro atoms. The summed E-state index contributed by atoms with van der Waals surface area (Å²) in [6.45, 7) is 4.70. The highest BCUT2D eigenvalue weighted by molar-refractivity contribution is 5.92. The number of carbonyl (C=O) groups excluding carboxylic acids is 1. The van der Waals surface area contributed by atoms with Crippen molar-refractivity contribution in [1.29, 1.82) is 0 Å². The van der Waals surface area contributed by atoms with E-state index in [9.17, 15) is 4.79 Å². The molecule has 0 fully saturated rings. The third kappa shape index (κ3) is 3.27. The fourth-order valence-electron chi connectivity index (χ4n) is 1.13. The molecule has 1 aromatic carbocycles. The molecule has 1 aromatic rings. The third-order valence-corrected chi connectivity index (χ3v) is 1.86. The summed E-state index contributed by atoms with van der Waals surface area (Å²) in [5.41, 5.74) is 0.473. The van der Waals surface area contributed by atoms with Crippen molar-refractivity contribution in [3.8, 4) is 5.75 Å². The molecule has 0 N–H and O–H groups in total. The number of methoxy groups -OCH3 is 1. The first-order valence-corrected chi connectivity index (χ1v) is 4.95. The van der Waals surface area contributed by atoms with E-state index < -0.39 is 0 Å². The molecule has 82 valence electrons. The number of ether oxygens (including phenoxy) is 2. The number of esters is 1. The van der Waals surface area contributed by atoms with E-state index in [2.05, 4.69) is 18.6 Å². The van der Waals surface area contributed by atoms with Crippen molar-refractivity contribution in [3.63, 3.8) is 0 Å². The van der Waals surface area contributed by atoms with Crippen LogP contribution in [0.3, 0.4) is 0 Å². The molecule has 0 saturated heterocycles. The van der Waals surface area contributed by atoms with Gasteiger partial charge in [-0.15, -0.1) is 0 Å². The van der Waals surface area contributed by atoms with Crippen LogP contribution in [-0.4, -0.2) is 19.7 Å². The predicted molar refractivity (Wildman–Crippen MR) is 58.1 cm³/mol. The number of hydrogen-bond donors (Lipinski definition) is 0. The van der Waals surface area contributed by atoms with E-state index in [-0.39, 0.29) is 5.97 Å². The Bertz CT molecular complexity index is 331. The Kier molecular flexibility index (Phi) is 4.16. The van der Waals surface area contributed by atoms with Crippen molar-refractivity contribution < 1.29 is 14.3 Å². The maximum absolute atomic E-state index is 11.4. The monoisotopic (exact) mass is 208 g/mol. The first kappa shape index (κ1) is 11.6. The summed E-state index contributed by atoms with van der Waals surface area (Å²) >= 11 is 0. The molecule has 1 rings (SSSR count). The van der Waals surface area contributed by atoms with Crippen LogP contribution in [0.5, 0.6) is 5.75 Å². The van der Waals surface area contributed by atoms with Crippen molar-refractivity contribution in [3.05, 3.63) is 29.8 Å². The van der Waals surface area contributed by atoms with E-state index in [0.717, 1.165) is 0 Å². The summed E-state index contributed by atoms with van der Waals surface area (Å²) < 4.78 is 10.2. The Balaban J connectivity index is 2.81. The molecular formula is C12H16O3. The minimum absolute atomic E-state index is 0.366. The van der Waals surface area contributed by atoms with Crippen molar-refractivity contribution in [2.24, 2.45) is 5.92 Å². The van der Waals surface area contributed by atoms with Gasteiger partial charge in [0.2, 0.25) is 0 Å². The molecule has 0 aliphatic heterocycles. The summed E-state index contributed by atoms with van der Waals surface area (Å²) in [6, 6.07) is 7.09. The van der Waals surface area contributed by atoms with Crippen LogP contribution in [0.25, 0.3) is 0 Å². The van der Waals surface area contributed by atoms with Gasteiger partial charge in [0.25, 0.3) is 0 Å². The van der Waals surface area contributed by atoms with Gasteiger partial charge in [-0.2, -0.15) is 0 Å².